The van der Waals surface area contributed by atoms with Crippen molar-refractivity contribution in [1.82, 2.24) is 10.1 Å². The van der Waals surface area contributed by atoms with Gasteiger partial charge in [0, 0.05) is 12.0 Å². The number of nitrogens with one attached hydrogen (secondary N) is 2. The number of carbonyl (C=O) groups is 1. The lowest BCUT2D eigenvalue weighted by Crippen LogP contribution is -2.32. The van der Waals surface area contributed by atoms with E-state index < -0.39 is 22.0 Å². The highest BCUT2D eigenvalue weighted by Crippen LogP contribution is 2.27. The molecule has 0 saturated heterocycles. The molecule has 4 aromatic carbocycles. The lowest BCUT2D eigenvalue weighted by atomic mass is 10.0. The maximum absolute atomic E-state index is 13.0. The highest BCUT2D eigenvalue weighted by molar-refractivity contribution is 9.10. The Morgan fingerprint density at radius 2 is 1.73 bits per heavy atom. The summed E-state index contributed by atoms with van der Waals surface area (Å²) < 4.78 is 35.2. The second-order valence-electron chi connectivity index (χ2n) is 9.14. The number of nitriles is 1. The monoisotopic (exact) mass is 630 g/mol. The Bertz CT molecular complexity index is 1690. The molecule has 0 heterocycles. The summed E-state index contributed by atoms with van der Waals surface area (Å²) in [6, 6.07) is 29.3. The van der Waals surface area contributed by atoms with Crippen molar-refractivity contribution in [2.24, 2.45) is 5.10 Å². The fourth-order valence-electron chi connectivity index (χ4n) is 3.92. The molecule has 0 fully saturated rings. The van der Waals surface area contributed by atoms with Crippen LogP contribution in [0.5, 0.6) is 5.75 Å². The summed E-state index contributed by atoms with van der Waals surface area (Å²) in [7, 11) is -3.87. The minimum atomic E-state index is -3.87. The molecule has 1 atom stereocenters. The minimum Gasteiger partial charge on any atom is -0.488 e. The molecule has 0 aliphatic heterocycles. The van der Waals surface area contributed by atoms with Gasteiger partial charge in [-0.25, -0.2) is 18.6 Å². The number of sulfonamides is 1. The molecule has 2 N–H and O–H groups in total. The lowest BCUT2D eigenvalue weighted by molar-refractivity contribution is -0.121. The summed E-state index contributed by atoms with van der Waals surface area (Å²) in [5, 5.41) is 13.3. The minimum absolute atomic E-state index is 0.120. The molecule has 0 bridgehead atoms. The first-order valence-corrected chi connectivity index (χ1v) is 14.9. The zero-order chi connectivity index (χ0) is 29.2. The van der Waals surface area contributed by atoms with E-state index in [0.29, 0.717) is 26.9 Å². The SMILES string of the molecule is Cc1ccc(S(=O)(=O)N[C@H](CC(=O)N/N=C\c2ccc(OCc3ccccc3C#N)c(Br)c2)c2ccccc2)cc1. The third-order valence-corrected chi connectivity index (χ3v) is 8.21. The van der Waals surface area contributed by atoms with Crippen LogP contribution in [0.1, 0.15) is 40.3 Å². The number of carbonyl (C=O) groups excluding carboxylic acids is 1. The van der Waals surface area contributed by atoms with Crippen molar-refractivity contribution >= 4 is 38.1 Å². The molecular formula is C31H27BrN4O4S. The molecule has 0 aromatic heterocycles. The average Bonchev–Trinajstić information content (AvgIpc) is 2.97. The van der Waals surface area contributed by atoms with Gasteiger partial charge in [0.2, 0.25) is 15.9 Å². The number of hydrogen-bond acceptors (Lipinski definition) is 6. The molecule has 208 valence electrons. The van der Waals surface area contributed by atoms with E-state index in [-0.39, 0.29) is 17.9 Å². The number of nitrogens with zero attached hydrogens (tertiary/aromatic N) is 2. The standard InChI is InChI=1S/C31H27BrN4O4S/c1-22-11-14-27(15-12-22)41(38,39)36-29(24-7-3-2-4-8-24)18-31(37)35-34-20-23-13-16-30(28(32)17-23)40-21-26-10-6-5-9-25(26)19-33/h2-17,20,29,36H,18,21H2,1H3,(H,35,37)/b34-20-/t29-/m1/s1. The second-order valence-corrected chi connectivity index (χ2v) is 11.7. The molecule has 0 aliphatic rings. The van der Waals surface area contributed by atoms with Gasteiger partial charge in [0.15, 0.2) is 0 Å². The molecular weight excluding hydrogens is 604 g/mol. The van der Waals surface area contributed by atoms with Crippen LogP contribution in [0.15, 0.2) is 112 Å². The number of rotatable bonds is 11. The van der Waals surface area contributed by atoms with Crippen molar-refractivity contribution in [3.8, 4) is 11.8 Å². The van der Waals surface area contributed by atoms with Crippen LogP contribution in [0.3, 0.4) is 0 Å². The molecule has 1 amide bonds. The summed E-state index contributed by atoms with van der Waals surface area (Å²) >= 11 is 3.48. The van der Waals surface area contributed by atoms with Gasteiger partial charge in [-0.3, -0.25) is 4.79 Å². The topological polar surface area (TPSA) is 121 Å². The van der Waals surface area contributed by atoms with Crippen molar-refractivity contribution in [1.29, 1.82) is 5.26 Å². The maximum atomic E-state index is 13.0. The predicted molar refractivity (Wildman–Crippen MR) is 161 cm³/mol. The van der Waals surface area contributed by atoms with E-state index in [0.717, 1.165) is 11.1 Å². The Labute approximate surface area is 247 Å². The summed E-state index contributed by atoms with van der Waals surface area (Å²) in [5.74, 6) is 0.127. The maximum Gasteiger partial charge on any atom is 0.242 e. The molecule has 0 spiro atoms. The smallest absolute Gasteiger partial charge is 0.242 e. The van der Waals surface area contributed by atoms with Crippen LogP contribution in [0.2, 0.25) is 0 Å². The molecule has 0 unspecified atom stereocenters. The number of hydrogen-bond donors (Lipinski definition) is 2. The Hall–Kier alpha value is -4.30. The van der Waals surface area contributed by atoms with E-state index in [2.05, 4.69) is 37.2 Å². The zero-order valence-electron chi connectivity index (χ0n) is 22.1. The second kappa shape index (κ2) is 13.9. The molecule has 0 radical (unpaired) electrons. The van der Waals surface area contributed by atoms with Gasteiger partial charge in [0.25, 0.3) is 0 Å². The van der Waals surface area contributed by atoms with Crippen LogP contribution in [-0.2, 0) is 21.4 Å². The third-order valence-electron chi connectivity index (χ3n) is 6.10. The Morgan fingerprint density at radius 1 is 1.02 bits per heavy atom. The number of aryl methyl sites for hydroxylation is 1. The van der Waals surface area contributed by atoms with Gasteiger partial charge in [-0.15, -0.1) is 0 Å². The summed E-state index contributed by atoms with van der Waals surface area (Å²) in [6.45, 7) is 2.11. The van der Waals surface area contributed by atoms with Crippen LogP contribution in [-0.4, -0.2) is 20.5 Å². The fourth-order valence-corrected chi connectivity index (χ4v) is 5.66. The molecule has 4 rings (SSSR count). The third kappa shape index (κ3) is 8.35. The molecule has 4 aromatic rings. The van der Waals surface area contributed by atoms with Crippen LogP contribution in [0, 0.1) is 18.3 Å². The van der Waals surface area contributed by atoms with E-state index in [4.69, 9.17) is 4.74 Å². The van der Waals surface area contributed by atoms with Crippen LogP contribution in [0.25, 0.3) is 0 Å². The normalized spacial score (nSPS) is 12.0. The number of hydrazone groups is 1. The lowest BCUT2D eigenvalue weighted by Gasteiger charge is -2.18. The Balaban J connectivity index is 1.38. The average molecular weight is 632 g/mol. The van der Waals surface area contributed by atoms with Gasteiger partial charge in [0.05, 0.1) is 33.3 Å². The summed E-state index contributed by atoms with van der Waals surface area (Å²) in [6.07, 6.45) is 1.32. The zero-order valence-corrected chi connectivity index (χ0v) is 24.5. The van der Waals surface area contributed by atoms with E-state index >= 15 is 0 Å². The highest BCUT2D eigenvalue weighted by atomic mass is 79.9. The first-order chi connectivity index (χ1) is 19.7. The van der Waals surface area contributed by atoms with E-state index in [1.807, 2.05) is 25.1 Å². The molecule has 0 saturated carbocycles. The number of amides is 1. The van der Waals surface area contributed by atoms with Gasteiger partial charge in [-0.2, -0.15) is 10.4 Å². The van der Waals surface area contributed by atoms with Crippen molar-refractivity contribution in [2.45, 2.75) is 30.9 Å². The Morgan fingerprint density at radius 3 is 2.44 bits per heavy atom. The van der Waals surface area contributed by atoms with Crippen molar-refractivity contribution in [3.63, 3.8) is 0 Å². The van der Waals surface area contributed by atoms with Crippen LogP contribution < -0.4 is 14.9 Å². The van der Waals surface area contributed by atoms with Gasteiger partial charge in [-0.1, -0.05) is 66.2 Å². The molecule has 0 aliphatic carbocycles. The van der Waals surface area contributed by atoms with Crippen molar-refractivity contribution < 1.29 is 17.9 Å². The Kier molecular flexibility index (Phi) is 10.0. The van der Waals surface area contributed by atoms with Crippen LogP contribution >= 0.6 is 15.9 Å². The van der Waals surface area contributed by atoms with Crippen molar-refractivity contribution in [3.05, 3.63) is 129 Å². The van der Waals surface area contributed by atoms with Gasteiger partial charge in [-0.05, 0) is 70.4 Å². The van der Waals surface area contributed by atoms with Gasteiger partial charge < -0.3 is 4.74 Å². The number of ether oxygens (including phenoxy) is 1. The largest absolute Gasteiger partial charge is 0.488 e. The number of benzene rings is 4. The van der Waals surface area contributed by atoms with E-state index in [9.17, 15) is 18.5 Å². The van der Waals surface area contributed by atoms with Gasteiger partial charge >= 0.3 is 0 Å². The molecule has 10 heteroatoms. The predicted octanol–water partition coefficient (Wildman–Crippen LogP) is 5.77. The first-order valence-electron chi connectivity index (χ1n) is 12.6. The summed E-state index contributed by atoms with van der Waals surface area (Å²) in [5.41, 5.74) is 6.10. The molecule has 8 nitrogen and oxygen atoms in total. The van der Waals surface area contributed by atoms with Crippen LogP contribution in [0.4, 0.5) is 0 Å². The van der Waals surface area contributed by atoms with E-state index in [1.165, 1.54) is 18.3 Å². The molecule has 41 heavy (non-hydrogen) atoms. The van der Waals surface area contributed by atoms with E-state index in [1.54, 1.807) is 66.7 Å². The quantitative estimate of drug-likeness (QED) is 0.161. The fraction of sp³-hybridized carbons (Fsp3) is 0.129. The summed E-state index contributed by atoms with van der Waals surface area (Å²) in [4.78, 5) is 12.9. The van der Waals surface area contributed by atoms with Crippen molar-refractivity contribution in [2.75, 3.05) is 0 Å². The number of halogens is 1. The first kappa shape index (κ1) is 29.7. The highest BCUT2D eigenvalue weighted by Gasteiger charge is 2.23. The van der Waals surface area contributed by atoms with Gasteiger partial charge in [0.1, 0.15) is 12.4 Å².